The first kappa shape index (κ1) is 9.97. The van der Waals surface area contributed by atoms with Crippen molar-refractivity contribution in [3.8, 4) is 0 Å². The molecular formula is C11H19NO2. The monoisotopic (exact) mass is 197 g/mol. The third-order valence-corrected chi connectivity index (χ3v) is 3.84. The van der Waals surface area contributed by atoms with Gasteiger partial charge in [0.2, 0.25) is 0 Å². The molecule has 0 amide bonds. The lowest BCUT2D eigenvalue weighted by Crippen LogP contribution is -2.29. The van der Waals surface area contributed by atoms with Crippen LogP contribution in [0.15, 0.2) is 0 Å². The molecule has 3 nitrogen and oxygen atoms in total. The Labute approximate surface area is 84.9 Å². The first-order valence-electron chi connectivity index (χ1n) is 5.31. The van der Waals surface area contributed by atoms with Gasteiger partial charge in [-0.3, -0.25) is 4.79 Å². The molecule has 1 spiro atoms. The van der Waals surface area contributed by atoms with Crippen LogP contribution in [0.2, 0.25) is 0 Å². The fourth-order valence-corrected chi connectivity index (χ4v) is 3.05. The molecule has 14 heavy (non-hydrogen) atoms. The molecule has 2 aliphatic rings. The highest BCUT2D eigenvalue weighted by atomic mass is 16.4. The molecule has 1 aliphatic carbocycles. The molecule has 0 bridgehead atoms. The Morgan fingerprint density at radius 2 is 2.07 bits per heavy atom. The van der Waals surface area contributed by atoms with Crippen LogP contribution in [0.3, 0.4) is 0 Å². The van der Waals surface area contributed by atoms with E-state index in [1.54, 1.807) is 0 Å². The summed E-state index contributed by atoms with van der Waals surface area (Å²) in [5.41, 5.74) is 0.635. The van der Waals surface area contributed by atoms with Crippen molar-refractivity contribution in [2.24, 2.45) is 16.7 Å². The van der Waals surface area contributed by atoms with Crippen LogP contribution >= 0.6 is 0 Å². The van der Waals surface area contributed by atoms with Crippen molar-refractivity contribution < 1.29 is 9.90 Å². The van der Waals surface area contributed by atoms with Crippen LogP contribution in [0.25, 0.3) is 0 Å². The highest BCUT2D eigenvalue weighted by Gasteiger charge is 2.62. The molecule has 3 atom stereocenters. The van der Waals surface area contributed by atoms with Crippen molar-refractivity contribution >= 4 is 5.97 Å². The van der Waals surface area contributed by atoms with E-state index in [9.17, 15) is 4.79 Å². The smallest absolute Gasteiger partial charge is 0.320 e. The van der Waals surface area contributed by atoms with E-state index in [0.29, 0.717) is 16.7 Å². The van der Waals surface area contributed by atoms with Gasteiger partial charge in [-0.1, -0.05) is 20.8 Å². The summed E-state index contributed by atoms with van der Waals surface area (Å²) in [5, 5.41) is 12.0. The minimum absolute atomic E-state index is 0.303. The number of hydrogen-bond donors (Lipinski definition) is 2. The standard InChI is InChI=1S/C11H19NO2/c1-10(2,3)8-5-11(8)4-7(9(13)14)12-6-11/h7-8,12H,4-6H2,1-3H3,(H,13,14)/t7-,8?,11-/m0/s1. The van der Waals surface area contributed by atoms with Gasteiger partial charge in [0, 0.05) is 6.54 Å². The average Bonchev–Trinajstić information content (AvgIpc) is 2.52. The zero-order valence-corrected chi connectivity index (χ0v) is 9.13. The molecule has 2 fully saturated rings. The Bertz CT molecular complexity index is 269. The van der Waals surface area contributed by atoms with E-state index in [1.807, 2.05) is 0 Å². The van der Waals surface area contributed by atoms with Crippen molar-refractivity contribution in [2.75, 3.05) is 6.54 Å². The first-order chi connectivity index (χ1) is 6.35. The maximum atomic E-state index is 10.8. The summed E-state index contributed by atoms with van der Waals surface area (Å²) in [4.78, 5) is 10.8. The Morgan fingerprint density at radius 3 is 2.43 bits per heavy atom. The summed E-state index contributed by atoms with van der Waals surface area (Å²) in [6.07, 6.45) is 2.03. The van der Waals surface area contributed by atoms with Gasteiger partial charge < -0.3 is 10.4 Å². The Balaban J connectivity index is 2.01. The lowest BCUT2D eigenvalue weighted by Gasteiger charge is -2.21. The highest BCUT2D eigenvalue weighted by Crippen LogP contribution is 2.64. The predicted octanol–water partition coefficient (Wildman–Crippen LogP) is 1.49. The molecular weight excluding hydrogens is 178 g/mol. The summed E-state index contributed by atoms with van der Waals surface area (Å²) in [6, 6.07) is -0.303. The van der Waals surface area contributed by atoms with E-state index >= 15 is 0 Å². The SMILES string of the molecule is CC(C)(C)C1C[C@@]12CN[C@H](C(=O)O)C2. The lowest BCUT2D eigenvalue weighted by molar-refractivity contribution is -0.139. The summed E-state index contributed by atoms with van der Waals surface area (Å²) >= 11 is 0. The summed E-state index contributed by atoms with van der Waals surface area (Å²) in [7, 11) is 0. The number of carboxylic acids is 1. The minimum Gasteiger partial charge on any atom is -0.480 e. The lowest BCUT2D eigenvalue weighted by atomic mass is 9.83. The summed E-state index contributed by atoms with van der Waals surface area (Å²) in [5.74, 6) is 0.00767. The zero-order valence-electron chi connectivity index (χ0n) is 9.13. The van der Waals surface area contributed by atoms with Crippen LogP contribution in [0, 0.1) is 16.7 Å². The predicted molar refractivity (Wildman–Crippen MR) is 54.0 cm³/mol. The van der Waals surface area contributed by atoms with Gasteiger partial charge in [-0.2, -0.15) is 0 Å². The Kier molecular flexibility index (Phi) is 1.94. The minimum atomic E-state index is -0.693. The number of carboxylic acid groups (broad SMARTS) is 1. The summed E-state index contributed by atoms with van der Waals surface area (Å²) < 4.78 is 0. The Morgan fingerprint density at radius 1 is 1.43 bits per heavy atom. The van der Waals surface area contributed by atoms with Gasteiger partial charge in [-0.25, -0.2) is 0 Å². The second-order valence-corrected chi connectivity index (χ2v) is 5.96. The largest absolute Gasteiger partial charge is 0.480 e. The van der Waals surface area contributed by atoms with E-state index in [0.717, 1.165) is 13.0 Å². The van der Waals surface area contributed by atoms with Crippen molar-refractivity contribution in [2.45, 2.75) is 39.7 Å². The van der Waals surface area contributed by atoms with E-state index in [2.05, 4.69) is 26.1 Å². The molecule has 80 valence electrons. The molecule has 3 heteroatoms. The third-order valence-electron chi connectivity index (χ3n) is 3.84. The topological polar surface area (TPSA) is 49.3 Å². The quantitative estimate of drug-likeness (QED) is 0.669. The van der Waals surface area contributed by atoms with Crippen LogP contribution < -0.4 is 5.32 Å². The van der Waals surface area contributed by atoms with Crippen LogP contribution in [0.4, 0.5) is 0 Å². The number of hydrogen-bond acceptors (Lipinski definition) is 2. The molecule has 1 heterocycles. The van der Waals surface area contributed by atoms with Crippen LogP contribution in [-0.4, -0.2) is 23.7 Å². The number of carbonyl (C=O) groups is 1. The van der Waals surface area contributed by atoms with Crippen molar-refractivity contribution in [3.63, 3.8) is 0 Å². The molecule has 2 rings (SSSR count). The molecule has 1 unspecified atom stereocenters. The normalized spacial score (nSPS) is 41.6. The first-order valence-corrected chi connectivity index (χ1v) is 5.31. The van der Waals surface area contributed by atoms with Crippen molar-refractivity contribution in [3.05, 3.63) is 0 Å². The molecule has 0 radical (unpaired) electrons. The number of nitrogens with one attached hydrogen (secondary N) is 1. The summed E-state index contributed by atoms with van der Waals surface area (Å²) in [6.45, 7) is 7.65. The molecule has 1 saturated carbocycles. The van der Waals surface area contributed by atoms with Gasteiger partial charge in [-0.05, 0) is 29.6 Å². The molecule has 0 aromatic carbocycles. The number of rotatable bonds is 1. The average molecular weight is 197 g/mol. The van der Waals surface area contributed by atoms with Gasteiger partial charge >= 0.3 is 5.97 Å². The van der Waals surface area contributed by atoms with Gasteiger partial charge in [0.1, 0.15) is 6.04 Å². The van der Waals surface area contributed by atoms with Crippen LogP contribution in [0.1, 0.15) is 33.6 Å². The fourth-order valence-electron chi connectivity index (χ4n) is 3.05. The van der Waals surface area contributed by atoms with Gasteiger partial charge in [0.25, 0.3) is 0 Å². The van der Waals surface area contributed by atoms with Gasteiger partial charge in [-0.15, -0.1) is 0 Å². The highest BCUT2D eigenvalue weighted by molar-refractivity contribution is 5.74. The third kappa shape index (κ3) is 1.44. The fraction of sp³-hybridized carbons (Fsp3) is 0.909. The van der Waals surface area contributed by atoms with E-state index in [4.69, 9.17) is 5.11 Å². The van der Waals surface area contributed by atoms with Gasteiger partial charge in [0.15, 0.2) is 0 Å². The second kappa shape index (κ2) is 2.72. The molecule has 0 aromatic rings. The van der Waals surface area contributed by atoms with E-state index < -0.39 is 5.97 Å². The maximum Gasteiger partial charge on any atom is 0.320 e. The van der Waals surface area contributed by atoms with Crippen molar-refractivity contribution in [1.29, 1.82) is 0 Å². The molecule has 0 aromatic heterocycles. The van der Waals surface area contributed by atoms with Crippen molar-refractivity contribution in [1.82, 2.24) is 5.32 Å². The molecule has 2 N–H and O–H groups in total. The maximum absolute atomic E-state index is 10.8. The Hall–Kier alpha value is -0.570. The molecule has 1 saturated heterocycles. The molecule has 1 aliphatic heterocycles. The van der Waals surface area contributed by atoms with Gasteiger partial charge in [0.05, 0.1) is 0 Å². The zero-order chi connectivity index (χ0) is 10.6. The van der Waals surface area contributed by atoms with Crippen LogP contribution in [-0.2, 0) is 4.79 Å². The van der Waals surface area contributed by atoms with E-state index in [-0.39, 0.29) is 6.04 Å². The second-order valence-electron chi connectivity index (χ2n) is 5.96. The van der Waals surface area contributed by atoms with Crippen LogP contribution in [0.5, 0.6) is 0 Å². The number of aliphatic carboxylic acids is 1. The van der Waals surface area contributed by atoms with E-state index in [1.165, 1.54) is 6.42 Å².